The third-order valence-corrected chi connectivity index (χ3v) is 4.92. The zero-order valence-electron chi connectivity index (χ0n) is 16.0. The molecule has 4 aromatic rings. The summed E-state index contributed by atoms with van der Waals surface area (Å²) in [7, 11) is 0. The number of hydrogen-bond acceptors (Lipinski definition) is 5. The number of carbonyl (C=O) groups excluding carboxylic acids is 1. The number of aryl methyl sites for hydroxylation is 1. The van der Waals surface area contributed by atoms with Crippen LogP contribution in [0, 0.1) is 18.3 Å². The molecule has 0 spiro atoms. The lowest BCUT2D eigenvalue weighted by Crippen LogP contribution is -2.13. The lowest BCUT2D eigenvalue weighted by molar-refractivity contribution is 0.102. The van der Waals surface area contributed by atoms with Crippen molar-refractivity contribution < 1.29 is 4.79 Å². The van der Waals surface area contributed by atoms with Crippen LogP contribution < -0.4 is 11.1 Å². The monoisotopic (exact) mass is 413 g/mol. The standard InChI is InChI=1S/C23H16ClN5O/c1-13-5-6-15(21-18-11-17(24)7-8-19(18)28-23(26)29-21)10-20(13)27-22(30)16-4-2-3-14(9-16)12-25/h2-11H,1H3,(H,27,30)(H2,26,28,29). The first-order chi connectivity index (χ1) is 14.4. The summed E-state index contributed by atoms with van der Waals surface area (Å²) in [5.74, 6) is -0.151. The van der Waals surface area contributed by atoms with Crippen LogP contribution in [0.1, 0.15) is 21.5 Å². The summed E-state index contributed by atoms with van der Waals surface area (Å²) in [6.45, 7) is 1.90. The van der Waals surface area contributed by atoms with E-state index in [4.69, 9.17) is 22.6 Å². The fourth-order valence-electron chi connectivity index (χ4n) is 3.17. The molecule has 1 heterocycles. The summed E-state index contributed by atoms with van der Waals surface area (Å²) in [5, 5.41) is 13.3. The van der Waals surface area contributed by atoms with Gasteiger partial charge in [-0.25, -0.2) is 9.97 Å². The van der Waals surface area contributed by atoms with E-state index in [0.29, 0.717) is 33.0 Å². The second-order valence-corrected chi connectivity index (χ2v) is 7.20. The third kappa shape index (κ3) is 3.79. The fraction of sp³-hybridized carbons (Fsp3) is 0.0435. The van der Waals surface area contributed by atoms with Gasteiger partial charge in [0.2, 0.25) is 5.95 Å². The highest BCUT2D eigenvalue weighted by atomic mass is 35.5. The summed E-state index contributed by atoms with van der Waals surface area (Å²) in [6, 6.07) is 19.5. The predicted molar refractivity (Wildman–Crippen MR) is 118 cm³/mol. The largest absolute Gasteiger partial charge is 0.368 e. The molecule has 0 fully saturated rings. The Hall–Kier alpha value is -3.95. The normalized spacial score (nSPS) is 10.6. The van der Waals surface area contributed by atoms with Crippen LogP contribution in [0.25, 0.3) is 22.2 Å². The number of rotatable bonds is 3. The van der Waals surface area contributed by atoms with E-state index >= 15 is 0 Å². The number of carbonyl (C=O) groups is 1. The Bertz CT molecular complexity index is 1340. The molecular weight excluding hydrogens is 398 g/mol. The van der Waals surface area contributed by atoms with Crippen LogP contribution in [0.15, 0.2) is 60.7 Å². The van der Waals surface area contributed by atoms with Gasteiger partial charge in [0, 0.05) is 27.2 Å². The fourth-order valence-corrected chi connectivity index (χ4v) is 3.34. The molecule has 0 unspecified atom stereocenters. The van der Waals surface area contributed by atoms with Gasteiger partial charge in [-0.3, -0.25) is 4.79 Å². The van der Waals surface area contributed by atoms with E-state index in [-0.39, 0.29) is 11.9 Å². The van der Waals surface area contributed by atoms with Crippen LogP contribution in [0.2, 0.25) is 5.02 Å². The number of nitriles is 1. The van der Waals surface area contributed by atoms with E-state index in [0.717, 1.165) is 16.5 Å². The van der Waals surface area contributed by atoms with Crippen LogP contribution in [0.3, 0.4) is 0 Å². The number of hydrogen-bond donors (Lipinski definition) is 2. The molecule has 3 aromatic carbocycles. The van der Waals surface area contributed by atoms with Crippen molar-refractivity contribution in [3.8, 4) is 17.3 Å². The molecule has 0 aliphatic heterocycles. The molecule has 4 rings (SSSR count). The van der Waals surface area contributed by atoms with Crippen molar-refractivity contribution in [1.29, 1.82) is 5.26 Å². The lowest BCUT2D eigenvalue weighted by Gasteiger charge is -2.12. The molecule has 146 valence electrons. The van der Waals surface area contributed by atoms with Gasteiger partial charge in [0.15, 0.2) is 0 Å². The van der Waals surface area contributed by atoms with Gasteiger partial charge in [0.1, 0.15) is 0 Å². The molecule has 0 saturated heterocycles. The second-order valence-electron chi connectivity index (χ2n) is 6.77. The number of anilines is 2. The molecule has 30 heavy (non-hydrogen) atoms. The quantitative estimate of drug-likeness (QED) is 0.493. The average molecular weight is 414 g/mol. The molecule has 0 saturated carbocycles. The van der Waals surface area contributed by atoms with Gasteiger partial charge in [-0.05, 0) is 55.0 Å². The topological polar surface area (TPSA) is 105 Å². The minimum atomic E-state index is -0.303. The van der Waals surface area contributed by atoms with E-state index in [9.17, 15) is 4.79 Å². The molecule has 0 bridgehead atoms. The van der Waals surface area contributed by atoms with Gasteiger partial charge in [-0.2, -0.15) is 5.26 Å². The Labute approximate surface area is 178 Å². The SMILES string of the molecule is Cc1ccc(-c2nc(N)nc3ccc(Cl)cc23)cc1NC(=O)c1cccc(C#N)c1. The summed E-state index contributed by atoms with van der Waals surface area (Å²) >= 11 is 6.17. The third-order valence-electron chi connectivity index (χ3n) is 4.69. The van der Waals surface area contributed by atoms with Crippen LogP contribution in [0.4, 0.5) is 11.6 Å². The minimum Gasteiger partial charge on any atom is -0.368 e. The number of nitrogens with one attached hydrogen (secondary N) is 1. The summed E-state index contributed by atoms with van der Waals surface area (Å²) < 4.78 is 0. The first-order valence-corrected chi connectivity index (χ1v) is 9.48. The maximum Gasteiger partial charge on any atom is 0.255 e. The number of nitrogen functional groups attached to an aromatic ring is 1. The molecule has 0 aliphatic carbocycles. The summed E-state index contributed by atoms with van der Waals surface area (Å²) in [6.07, 6.45) is 0. The number of amides is 1. The number of benzene rings is 3. The first kappa shape index (κ1) is 19.4. The summed E-state index contributed by atoms with van der Waals surface area (Å²) in [5.41, 5.74) is 10.3. The van der Waals surface area contributed by atoms with Gasteiger partial charge >= 0.3 is 0 Å². The Morgan fingerprint density at radius 1 is 1.10 bits per heavy atom. The van der Waals surface area contributed by atoms with Crippen LogP contribution in [-0.2, 0) is 0 Å². The molecule has 0 radical (unpaired) electrons. The van der Waals surface area contributed by atoms with Crippen molar-refractivity contribution in [3.05, 3.63) is 82.4 Å². The minimum absolute atomic E-state index is 0.152. The van der Waals surface area contributed by atoms with Crippen LogP contribution in [0.5, 0.6) is 0 Å². The van der Waals surface area contributed by atoms with Crippen molar-refractivity contribution in [3.63, 3.8) is 0 Å². The Balaban J connectivity index is 1.76. The van der Waals surface area contributed by atoms with Crippen LogP contribution >= 0.6 is 11.6 Å². The van der Waals surface area contributed by atoms with Gasteiger partial charge in [-0.15, -0.1) is 0 Å². The van der Waals surface area contributed by atoms with Crippen LogP contribution in [-0.4, -0.2) is 15.9 Å². The van der Waals surface area contributed by atoms with Crippen molar-refractivity contribution in [2.24, 2.45) is 0 Å². The number of nitrogens with zero attached hydrogens (tertiary/aromatic N) is 3. The molecule has 1 aromatic heterocycles. The van der Waals surface area contributed by atoms with Crippen molar-refractivity contribution >= 4 is 40.0 Å². The second kappa shape index (κ2) is 7.82. The van der Waals surface area contributed by atoms with Gasteiger partial charge < -0.3 is 11.1 Å². The first-order valence-electron chi connectivity index (χ1n) is 9.10. The highest BCUT2D eigenvalue weighted by Crippen LogP contribution is 2.31. The van der Waals surface area contributed by atoms with E-state index in [1.54, 1.807) is 42.5 Å². The highest BCUT2D eigenvalue weighted by Gasteiger charge is 2.13. The molecule has 0 aliphatic rings. The van der Waals surface area contributed by atoms with E-state index in [2.05, 4.69) is 15.3 Å². The zero-order chi connectivity index (χ0) is 21.3. The van der Waals surface area contributed by atoms with Crippen molar-refractivity contribution in [2.45, 2.75) is 6.92 Å². The highest BCUT2D eigenvalue weighted by molar-refractivity contribution is 6.31. The maximum atomic E-state index is 12.7. The smallest absolute Gasteiger partial charge is 0.255 e. The van der Waals surface area contributed by atoms with E-state index < -0.39 is 0 Å². The predicted octanol–water partition coefficient (Wildman–Crippen LogP) is 4.96. The molecular formula is C23H16ClN5O. The molecule has 3 N–H and O–H groups in total. The van der Waals surface area contributed by atoms with Crippen molar-refractivity contribution in [1.82, 2.24) is 9.97 Å². The molecule has 1 amide bonds. The van der Waals surface area contributed by atoms with E-state index in [1.807, 2.05) is 31.2 Å². The lowest BCUT2D eigenvalue weighted by atomic mass is 10.0. The Morgan fingerprint density at radius 2 is 1.93 bits per heavy atom. The molecule has 7 heteroatoms. The van der Waals surface area contributed by atoms with Gasteiger partial charge in [0.25, 0.3) is 5.91 Å². The Kier molecular flexibility index (Phi) is 5.05. The summed E-state index contributed by atoms with van der Waals surface area (Å²) in [4.78, 5) is 21.4. The molecule has 6 nitrogen and oxygen atoms in total. The van der Waals surface area contributed by atoms with Crippen molar-refractivity contribution in [2.75, 3.05) is 11.1 Å². The Morgan fingerprint density at radius 3 is 2.73 bits per heavy atom. The zero-order valence-corrected chi connectivity index (χ0v) is 16.7. The van der Waals surface area contributed by atoms with E-state index in [1.165, 1.54) is 0 Å². The number of aromatic nitrogens is 2. The average Bonchev–Trinajstić information content (AvgIpc) is 2.75. The maximum absolute atomic E-state index is 12.7. The molecule has 0 atom stereocenters. The number of fused-ring (bicyclic) bond motifs is 1. The van der Waals surface area contributed by atoms with Gasteiger partial charge in [-0.1, -0.05) is 29.8 Å². The number of halogens is 1. The number of nitrogens with two attached hydrogens (primary N) is 1. The van der Waals surface area contributed by atoms with Gasteiger partial charge in [0.05, 0.1) is 22.8 Å².